The zero-order chi connectivity index (χ0) is 23.9. The van der Waals surface area contributed by atoms with Crippen LogP contribution in [0.4, 0.5) is 17.5 Å². The van der Waals surface area contributed by atoms with Gasteiger partial charge in [0.25, 0.3) is 0 Å². The number of benzene rings is 2. The Morgan fingerprint density at radius 2 is 1.51 bits per heavy atom. The van der Waals surface area contributed by atoms with Crippen molar-refractivity contribution in [1.82, 2.24) is 15.3 Å². The fourth-order valence-corrected chi connectivity index (χ4v) is 4.71. The number of ether oxygens (including phenoxy) is 1. The quantitative estimate of drug-likeness (QED) is 0.432. The van der Waals surface area contributed by atoms with Crippen molar-refractivity contribution in [2.45, 2.75) is 38.6 Å². The van der Waals surface area contributed by atoms with Gasteiger partial charge in [-0.3, -0.25) is 0 Å². The van der Waals surface area contributed by atoms with Gasteiger partial charge in [0.2, 0.25) is 11.8 Å². The van der Waals surface area contributed by atoms with Gasteiger partial charge in [0.1, 0.15) is 11.6 Å². The summed E-state index contributed by atoms with van der Waals surface area (Å²) < 4.78 is 6.03. The zero-order valence-corrected chi connectivity index (χ0v) is 20.8. The number of thiocarbonyl (C=S) groups is 1. The van der Waals surface area contributed by atoms with Crippen LogP contribution in [0.15, 0.2) is 60.7 Å². The molecule has 0 unspecified atom stereocenters. The van der Waals surface area contributed by atoms with Gasteiger partial charge in [-0.2, -0.15) is 9.97 Å². The van der Waals surface area contributed by atoms with Gasteiger partial charge in [0.05, 0.1) is 0 Å². The lowest BCUT2D eigenvalue weighted by atomic mass is 10.1. The van der Waals surface area contributed by atoms with E-state index in [1.54, 1.807) is 0 Å². The fourth-order valence-electron chi connectivity index (χ4n) is 4.54. The maximum Gasteiger partial charge on any atom is 0.234 e. The lowest BCUT2D eigenvalue weighted by Crippen LogP contribution is -2.31. The summed E-state index contributed by atoms with van der Waals surface area (Å²) in [5.41, 5.74) is 2.47. The second-order valence-corrected chi connectivity index (χ2v) is 9.43. The lowest BCUT2D eigenvalue weighted by Gasteiger charge is -2.28. The Kier molecular flexibility index (Phi) is 7.58. The molecule has 0 amide bonds. The van der Waals surface area contributed by atoms with Gasteiger partial charge < -0.3 is 25.2 Å². The Morgan fingerprint density at radius 3 is 2.26 bits per heavy atom. The standard InChI is InChI=1S/C27H32N6OS/c35-27(28-20-21-11-13-22(14-12-21)32-15-7-8-16-32)31-26-29-24(33-17-5-2-6-18-33)19-25(30-26)34-23-9-3-1-4-10-23/h1,3-4,9-14,19H,2,5-8,15-18,20H2,(H2,28,29,30,31,35). The highest BCUT2D eigenvalue weighted by atomic mass is 32.1. The molecule has 5 rings (SSSR count). The van der Waals surface area contributed by atoms with Gasteiger partial charge in [-0.1, -0.05) is 30.3 Å². The molecule has 182 valence electrons. The average molecular weight is 489 g/mol. The molecule has 0 radical (unpaired) electrons. The van der Waals surface area contributed by atoms with Crippen molar-refractivity contribution in [3.05, 3.63) is 66.2 Å². The van der Waals surface area contributed by atoms with Gasteiger partial charge in [0, 0.05) is 44.5 Å². The van der Waals surface area contributed by atoms with Crippen LogP contribution in [0, 0.1) is 0 Å². The summed E-state index contributed by atoms with van der Waals surface area (Å²) in [6, 6.07) is 20.3. The topological polar surface area (TPSA) is 65.6 Å². The number of nitrogens with zero attached hydrogens (tertiary/aromatic N) is 4. The van der Waals surface area contributed by atoms with E-state index in [2.05, 4.69) is 49.7 Å². The molecule has 0 aliphatic carbocycles. The van der Waals surface area contributed by atoms with E-state index < -0.39 is 0 Å². The minimum atomic E-state index is 0.431. The summed E-state index contributed by atoms with van der Waals surface area (Å²) in [6.07, 6.45) is 6.15. The van der Waals surface area contributed by atoms with Crippen LogP contribution >= 0.6 is 12.2 Å². The third kappa shape index (κ3) is 6.39. The fraction of sp³-hybridized carbons (Fsp3) is 0.370. The van der Waals surface area contributed by atoms with Gasteiger partial charge in [-0.25, -0.2) is 0 Å². The van der Waals surface area contributed by atoms with Gasteiger partial charge in [-0.15, -0.1) is 0 Å². The number of piperidine rings is 1. The molecular formula is C27H32N6OS. The van der Waals surface area contributed by atoms with Crippen LogP contribution in [0.2, 0.25) is 0 Å². The number of anilines is 3. The van der Waals surface area contributed by atoms with E-state index in [0.29, 0.717) is 23.5 Å². The third-order valence-electron chi connectivity index (χ3n) is 6.42. The van der Waals surface area contributed by atoms with Crippen molar-refractivity contribution in [3.63, 3.8) is 0 Å². The van der Waals surface area contributed by atoms with E-state index in [1.165, 1.54) is 30.5 Å². The second kappa shape index (κ2) is 11.4. The van der Waals surface area contributed by atoms with E-state index in [-0.39, 0.29) is 0 Å². The summed E-state index contributed by atoms with van der Waals surface area (Å²) in [5, 5.41) is 6.92. The maximum atomic E-state index is 6.03. The number of nitrogens with one attached hydrogen (secondary N) is 2. The molecule has 2 fully saturated rings. The molecule has 2 aliphatic rings. The maximum absolute atomic E-state index is 6.03. The Labute approximate surface area is 212 Å². The summed E-state index contributed by atoms with van der Waals surface area (Å²) in [5.74, 6) is 2.52. The van der Waals surface area contributed by atoms with Crippen LogP contribution in [0.25, 0.3) is 0 Å². The van der Waals surface area contributed by atoms with E-state index in [1.807, 2.05) is 36.4 Å². The summed E-state index contributed by atoms with van der Waals surface area (Å²) in [7, 11) is 0. The minimum absolute atomic E-state index is 0.431. The number of aromatic nitrogens is 2. The molecule has 0 spiro atoms. The van der Waals surface area contributed by atoms with Gasteiger partial charge in [0.15, 0.2) is 5.11 Å². The largest absolute Gasteiger partial charge is 0.439 e. The first kappa shape index (κ1) is 23.4. The average Bonchev–Trinajstić information content (AvgIpc) is 3.44. The number of para-hydroxylation sites is 1. The lowest BCUT2D eigenvalue weighted by molar-refractivity contribution is 0.461. The Morgan fingerprint density at radius 1 is 0.829 bits per heavy atom. The van der Waals surface area contributed by atoms with Gasteiger partial charge in [-0.05, 0) is 74.2 Å². The molecule has 1 aromatic heterocycles. The van der Waals surface area contributed by atoms with Crippen molar-refractivity contribution in [2.24, 2.45) is 0 Å². The predicted octanol–water partition coefficient (Wildman–Crippen LogP) is 5.35. The molecule has 7 nitrogen and oxygen atoms in total. The van der Waals surface area contributed by atoms with Crippen molar-refractivity contribution in [2.75, 3.05) is 41.3 Å². The van der Waals surface area contributed by atoms with Crippen LogP contribution in [0.1, 0.15) is 37.7 Å². The molecule has 8 heteroatoms. The summed E-state index contributed by atoms with van der Waals surface area (Å²) in [4.78, 5) is 14.0. The highest BCUT2D eigenvalue weighted by Crippen LogP contribution is 2.26. The Balaban J connectivity index is 1.24. The van der Waals surface area contributed by atoms with Crippen molar-refractivity contribution >= 4 is 34.8 Å². The zero-order valence-electron chi connectivity index (χ0n) is 19.9. The van der Waals surface area contributed by atoms with Crippen LogP contribution in [0.5, 0.6) is 11.6 Å². The normalized spacial score (nSPS) is 15.7. The molecule has 0 saturated carbocycles. The molecule has 2 N–H and O–H groups in total. The first-order valence-electron chi connectivity index (χ1n) is 12.5. The first-order chi connectivity index (χ1) is 17.2. The van der Waals surface area contributed by atoms with Gasteiger partial charge >= 0.3 is 0 Å². The van der Waals surface area contributed by atoms with Crippen molar-refractivity contribution in [1.29, 1.82) is 0 Å². The predicted molar refractivity (Wildman–Crippen MR) is 146 cm³/mol. The first-order valence-corrected chi connectivity index (χ1v) is 12.9. The van der Waals surface area contributed by atoms with E-state index in [9.17, 15) is 0 Å². The minimum Gasteiger partial charge on any atom is -0.439 e. The third-order valence-corrected chi connectivity index (χ3v) is 6.67. The summed E-state index contributed by atoms with van der Waals surface area (Å²) in [6.45, 7) is 4.90. The molecular weight excluding hydrogens is 456 g/mol. The van der Waals surface area contributed by atoms with E-state index >= 15 is 0 Å². The summed E-state index contributed by atoms with van der Waals surface area (Å²) >= 11 is 5.56. The van der Waals surface area contributed by atoms with Crippen molar-refractivity contribution < 1.29 is 4.74 Å². The van der Waals surface area contributed by atoms with Crippen LogP contribution in [-0.4, -0.2) is 41.3 Å². The molecule has 3 aromatic rings. The number of hydrogen-bond acceptors (Lipinski definition) is 6. The van der Waals surface area contributed by atoms with Crippen LogP contribution in [-0.2, 0) is 6.54 Å². The Hall–Kier alpha value is -3.39. The molecule has 2 saturated heterocycles. The number of rotatable bonds is 7. The molecule has 3 heterocycles. The Bertz CT molecular complexity index is 1110. The highest BCUT2D eigenvalue weighted by Gasteiger charge is 2.16. The van der Waals surface area contributed by atoms with Crippen molar-refractivity contribution in [3.8, 4) is 11.6 Å². The SMILES string of the molecule is S=C(NCc1ccc(N2CCCC2)cc1)Nc1nc(Oc2ccccc2)cc(N2CCCCC2)n1. The monoisotopic (exact) mass is 488 g/mol. The molecule has 0 atom stereocenters. The smallest absolute Gasteiger partial charge is 0.234 e. The number of hydrogen-bond donors (Lipinski definition) is 2. The highest BCUT2D eigenvalue weighted by molar-refractivity contribution is 7.80. The van der Waals surface area contributed by atoms with Crippen LogP contribution in [0.3, 0.4) is 0 Å². The molecule has 2 aliphatic heterocycles. The molecule has 2 aromatic carbocycles. The van der Waals surface area contributed by atoms with Crippen LogP contribution < -0.4 is 25.2 Å². The molecule has 35 heavy (non-hydrogen) atoms. The van der Waals surface area contributed by atoms with E-state index in [4.69, 9.17) is 21.9 Å². The van der Waals surface area contributed by atoms with E-state index in [0.717, 1.165) is 50.6 Å². The molecule has 0 bridgehead atoms. The second-order valence-electron chi connectivity index (χ2n) is 9.02.